The number of likely N-dealkylation sites (N-methyl/N-ethyl adjacent to an activating group) is 1. The molecule has 0 fully saturated rings. The van der Waals surface area contributed by atoms with Crippen LogP contribution in [-0.2, 0) is 22.5 Å². The van der Waals surface area contributed by atoms with Gasteiger partial charge in [-0.1, -0.05) is 25.1 Å². The number of para-hydroxylation sites is 1. The van der Waals surface area contributed by atoms with Gasteiger partial charge in [-0.25, -0.2) is 4.79 Å². The zero-order valence-electron chi connectivity index (χ0n) is 16.2. The number of nitrogens with one attached hydrogen (secondary N) is 1. The van der Waals surface area contributed by atoms with Crippen molar-refractivity contribution in [2.75, 3.05) is 25.0 Å². The maximum atomic E-state index is 13.0. The average Bonchev–Trinajstić information content (AvgIpc) is 2.76. The molecule has 29 heavy (non-hydrogen) atoms. The van der Waals surface area contributed by atoms with Crippen molar-refractivity contribution in [2.45, 2.75) is 19.9 Å². The Morgan fingerprint density at radius 3 is 2.86 bits per heavy atom. The molecule has 7 nitrogen and oxygen atoms in total. The number of carbonyl (C=O) groups excluding carboxylic acids is 2. The molecule has 1 aliphatic rings. The molecule has 0 bridgehead atoms. The van der Waals surface area contributed by atoms with E-state index in [2.05, 4.69) is 22.1 Å². The van der Waals surface area contributed by atoms with E-state index < -0.39 is 11.9 Å². The highest BCUT2D eigenvalue weighted by Gasteiger charge is 2.26. The van der Waals surface area contributed by atoms with Crippen LogP contribution in [0.5, 0.6) is 0 Å². The third kappa shape index (κ3) is 4.09. The summed E-state index contributed by atoms with van der Waals surface area (Å²) in [4.78, 5) is 36.2. The summed E-state index contributed by atoms with van der Waals surface area (Å²) in [6, 6.07) is 11.0. The summed E-state index contributed by atoms with van der Waals surface area (Å²) >= 11 is 0. The lowest BCUT2D eigenvalue weighted by Crippen LogP contribution is -2.32. The molecule has 1 amide bonds. The van der Waals surface area contributed by atoms with Crippen LogP contribution in [0.2, 0.25) is 0 Å². The minimum Gasteiger partial charge on any atom is -0.452 e. The number of esters is 1. The molecule has 1 aliphatic heterocycles. The SMILES string of the molecule is CCN1CCc2nc3ccccc3c(C(=O)OCC(=O)Nc3cccnc3)c2C1. The van der Waals surface area contributed by atoms with E-state index in [1.165, 1.54) is 6.20 Å². The van der Waals surface area contributed by atoms with Crippen molar-refractivity contribution >= 4 is 28.5 Å². The van der Waals surface area contributed by atoms with Crippen LogP contribution < -0.4 is 5.32 Å². The van der Waals surface area contributed by atoms with Gasteiger partial charge in [-0.05, 0) is 24.7 Å². The van der Waals surface area contributed by atoms with E-state index in [4.69, 9.17) is 9.72 Å². The lowest BCUT2D eigenvalue weighted by Gasteiger charge is -2.28. The summed E-state index contributed by atoms with van der Waals surface area (Å²) in [5.74, 6) is -0.909. The molecule has 1 aromatic carbocycles. The van der Waals surface area contributed by atoms with Crippen LogP contribution in [0.3, 0.4) is 0 Å². The number of ether oxygens (including phenoxy) is 1. The second kappa shape index (κ2) is 8.36. The predicted octanol–water partition coefficient (Wildman–Crippen LogP) is 2.80. The summed E-state index contributed by atoms with van der Waals surface area (Å²) < 4.78 is 5.39. The summed E-state index contributed by atoms with van der Waals surface area (Å²) in [6.45, 7) is 4.19. The maximum absolute atomic E-state index is 13.0. The van der Waals surface area contributed by atoms with Gasteiger partial charge in [-0.2, -0.15) is 0 Å². The number of rotatable bonds is 5. The molecule has 1 N–H and O–H groups in total. The molecule has 0 radical (unpaired) electrons. The Bertz CT molecular complexity index is 1050. The zero-order valence-corrected chi connectivity index (χ0v) is 16.2. The van der Waals surface area contributed by atoms with E-state index in [-0.39, 0.29) is 6.61 Å². The first kappa shape index (κ1) is 19.0. The van der Waals surface area contributed by atoms with Gasteiger partial charge < -0.3 is 10.1 Å². The number of hydrogen-bond acceptors (Lipinski definition) is 6. The van der Waals surface area contributed by atoms with Gasteiger partial charge in [0.1, 0.15) is 0 Å². The first-order valence-electron chi connectivity index (χ1n) is 9.65. The first-order valence-corrected chi connectivity index (χ1v) is 9.65. The van der Waals surface area contributed by atoms with E-state index in [0.717, 1.165) is 41.7 Å². The highest BCUT2D eigenvalue weighted by Crippen LogP contribution is 2.28. The Morgan fingerprint density at radius 1 is 1.21 bits per heavy atom. The highest BCUT2D eigenvalue weighted by atomic mass is 16.5. The topological polar surface area (TPSA) is 84.4 Å². The van der Waals surface area contributed by atoms with Gasteiger partial charge in [0, 0.05) is 42.4 Å². The molecule has 0 aliphatic carbocycles. The molecule has 148 valence electrons. The lowest BCUT2D eigenvalue weighted by molar-refractivity contribution is -0.119. The number of anilines is 1. The van der Waals surface area contributed by atoms with E-state index >= 15 is 0 Å². The minimum atomic E-state index is -0.501. The number of benzene rings is 1. The third-order valence-corrected chi connectivity index (χ3v) is 5.06. The van der Waals surface area contributed by atoms with E-state index in [9.17, 15) is 9.59 Å². The fraction of sp³-hybridized carbons (Fsp3) is 0.273. The van der Waals surface area contributed by atoms with Gasteiger partial charge in [0.25, 0.3) is 5.91 Å². The number of hydrogen-bond donors (Lipinski definition) is 1. The fourth-order valence-electron chi connectivity index (χ4n) is 3.59. The molecule has 0 saturated heterocycles. The largest absolute Gasteiger partial charge is 0.452 e. The molecule has 7 heteroatoms. The molecule has 2 aromatic heterocycles. The maximum Gasteiger partial charge on any atom is 0.339 e. The van der Waals surface area contributed by atoms with Crippen molar-refractivity contribution in [3.63, 3.8) is 0 Å². The van der Waals surface area contributed by atoms with Crippen molar-refractivity contribution in [3.8, 4) is 0 Å². The molecule has 3 aromatic rings. The molecule has 0 unspecified atom stereocenters. The Labute approximate surface area is 168 Å². The number of pyridine rings is 2. The van der Waals surface area contributed by atoms with Crippen molar-refractivity contribution in [2.24, 2.45) is 0 Å². The zero-order chi connectivity index (χ0) is 20.2. The monoisotopic (exact) mass is 390 g/mol. The molecule has 0 atom stereocenters. The number of fused-ring (bicyclic) bond motifs is 2. The van der Waals surface area contributed by atoms with Crippen LogP contribution in [0.25, 0.3) is 10.9 Å². The van der Waals surface area contributed by atoms with Gasteiger partial charge in [-0.3, -0.25) is 19.7 Å². The highest BCUT2D eigenvalue weighted by molar-refractivity contribution is 6.06. The van der Waals surface area contributed by atoms with Gasteiger partial charge >= 0.3 is 5.97 Å². The van der Waals surface area contributed by atoms with Crippen LogP contribution in [0.1, 0.15) is 28.5 Å². The quantitative estimate of drug-likeness (QED) is 0.675. The Balaban J connectivity index is 1.59. The molecule has 0 spiro atoms. The van der Waals surface area contributed by atoms with Crippen molar-refractivity contribution in [3.05, 3.63) is 65.6 Å². The molecule has 3 heterocycles. The smallest absolute Gasteiger partial charge is 0.339 e. The molecular weight excluding hydrogens is 368 g/mol. The predicted molar refractivity (Wildman–Crippen MR) is 110 cm³/mol. The lowest BCUT2D eigenvalue weighted by atomic mass is 9.96. The number of carbonyl (C=O) groups is 2. The summed E-state index contributed by atoms with van der Waals surface area (Å²) in [5, 5.41) is 3.42. The van der Waals surface area contributed by atoms with E-state index in [1.807, 2.05) is 24.3 Å². The van der Waals surface area contributed by atoms with Gasteiger partial charge in [0.05, 0.1) is 23.0 Å². The Hall–Kier alpha value is -3.32. The number of amides is 1. The minimum absolute atomic E-state index is 0.364. The normalized spacial score (nSPS) is 13.7. The Kier molecular flexibility index (Phi) is 5.48. The van der Waals surface area contributed by atoms with Gasteiger partial charge in [0.2, 0.25) is 0 Å². The summed E-state index contributed by atoms with van der Waals surface area (Å²) in [5.41, 5.74) is 3.66. The van der Waals surface area contributed by atoms with Crippen molar-refractivity contribution in [1.82, 2.24) is 14.9 Å². The molecule has 0 saturated carbocycles. The van der Waals surface area contributed by atoms with Crippen LogP contribution in [0.15, 0.2) is 48.8 Å². The van der Waals surface area contributed by atoms with E-state index in [1.54, 1.807) is 18.3 Å². The number of nitrogens with zero attached hydrogens (tertiary/aromatic N) is 3. The molecule has 4 rings (SSSR count). The van der Waals surface area contributed by atoms with Crippen LogP contribution in [-0.4, -0.2) is 46.4 Å². The van der Waals surface area contributed by atoms with Crippen molar-refractivity contribution < 1.29 is 14.3 Å². The average molecular weight is 390 g/mol. The van der Waals surface area contributed by atoms with Crippen LogP contribution >= 0.6 is 0 Å². The van der Waals surface area contributed by atoms with Crippen LogP contribution in [0, 0.1) is 0 Å². The summed E-state index contributed by atoms with van der Waals surface area (Å²) in [6.07, 6.45) is 3.94. The molecular formula is C22H22N4O3. The van der Waals surface area contributed by atoms with Gasteiger partial charge in [-0.15, -0.1) is 0 Å². The third-order valence-electron chi connectivity index (χ3n) is 5.06. The van der Waals surface area contributed by atoms with Crippen LogP contribution in [0.4, 0.5) is 5.69 Å². The van der Waals surface area contributed by atoms with Gasteiger partial charge in [0.15, 0.2) is 6.61 Å². The second-order valence-corrected chi connectivity index (χ2v) is 6.91. The second-order valence-electron chi connectivity index (χ2n) is 6.91. The Morgan fingerprint density at radius 2 is 2.07 bits per heavy atom. The fourth-order valence-corrected chi connectivity index (χ4v) is 3.59. The van der Waals surface area contributed by atoms with E-state index in [0.29, 0.717) is 17.8 Å². The standard InChI is InChI=1S/C22H22N4O3/c1-2-26-11-9-19-17(13-26)21(16-7-3-4-8-18(16)25-19)22(28)29-14-20(27)24-15-6-5-10-23-12-15/h3-8,10,12H,2,9,11,13-14H2,1H3,(H,24,27). The summed E-state index contributed by atoms with van der Waals surface area (Å²) in [7, 11) is 0. The number of aromatic nitrogens is 2. The first-order chi connectivity index (χ1) is 14.2. The van der Waals surface area contributed by atoms with Crippen molar-refractivity contribution in [1.29, 1.82) is 0 Å².